The maximum Gasteiger partial charge on any atom is 0.327 e. The molecular weight excluding hydrogens is 321 g/mol. The van der Waals surface area contributed by atoms with Gasteiger partial charge in [0.25, 0.3) is 5.91 Å². The van der Waals surface area contributed by atoms with Crippen LogP contribution in [0.15, 0.2) is 22.7 Å². The molecule has 1 aromatic carbocycles. The molecule has 0 spiro atoms. The highest BCUT2D eigenvalue weighted by Gasteiger charge is 2.21. The zero-order chi connectivity index (χ0) is 13.7. The Balaban J connectivity index is 2.91. The molecule has 2 N–H and O–H groups in total. The average Bonchev–Trinajstić information content (AvgIpc) is 2.31. The highest BCUT2D eigenvalue weighted by atomic mass is 79.9. The third kappa shape index (κ3) is 3.49. The smallest absolute Gasteiger partial charge is 0.327 e. The van der Waals surface area contributed by atoms with Crippen LogP contribution in [0.2, 0.25) is 5.02 Å². The van der Waals surface area contributed by atoms with E-state index in [9.17, 15) is 9.59 Å². The van der Waals surface area contributed by atoms with Gasteiger partial charge in [-0.15, -0.1) is 12.3 Å². The highest BCUT2D eigenvalue weighted by molar-refractivity contribution is 9.10. The summed E-state index contributed by atoms with van der Waals surface area (Å²) in [4.78, 5) is 22.7. The van der Waals surface area contributed by atoms with Crippen LogP contribution in [0.4, 0.5) is 0 Å². The molecule has 1 rings (SSSR count). The quantitative estimate of drug-likeness (QED) is 0.833. The molecule has 0 heterocycles. The number of halogens is 2. The Kier molecular flexibility index (Phi) is 5.20. The number of hydrogen-bond acceptors (Lipinski definition) is 2. The third-order valence-corrected chi connectivity index (χ3v) is 3.42. The number of rotatable bonds is 4. The van der Waals surface area contributed by atoms with E-state index in [0.29, 0.717) is 4.47 Å². The molecular formula is C12H9BrClNO3. The summed E-state index contributed by atoms with van der Waals surface area (Å²) in [7, 11) is 0. The average molecular weight is 331 g/mol. The molecule has 1 amide bonds. The summed E-state index contributed by atoms with van der Waals surface area (Å²) in [6.45, 7) is 0. The van der Waals surface area contributed by atoms with E-state index < -0.39 is 17.9 Å². The lowest BCUT2D eigenvalue weighted by Crippen LogP contribution is -2.40. The van der Waals surface area contributed by atoms with Gasteiger partial charge in [0.2, 0.25) is 0 Å². The second-order valence-electron chi connectivity index (χ2n) is 3.37. The number of carboxylic acids is 1. The van der Waals surface area contributed by atoms with Gasteiger partial charge >= 0.3 is 5.97 Å². The maximum atomic E-state index is 11.9. The predicted molar refractivity (Wildman–Crippen MR) is 71.5 cm³/mol. The van der Waals surface area contributed by atoms with Gasteiger partial charge < -0.3 is 10.4 Å². The fraction of sp³-hybridized carbons (Fsp3) is 0.167. The molecule has 0 aliphatic rings. The lowest BCUT2D eigenvalue weighted by molar-refractivity contribution is -0.139. The van der Waals surface area contributed by atoms with Crippen LogP contribution in [-0.4, -0.2) is 23.0 Å². The largest absolute Gasteiger partial charge is 0.480 e. The van der Waals surface area contributed by atoms with Gasteiger partial charge in [-0.2, -0.15) is 0 Å². The fourth-order valence-corrected chi connectivity index (χ4v) is 1.81. The molecule has 6 heteroatoms. The summed E-state index contributed by atoms with van der Waals surface area (Å²) >= 11 is 9.11. The number of terminal acetylenes is 1. The van der Waals surface area contributed by atoms with Crippen molar-refractivity contribution in [2.45, 2.75) is 12.5 Å². The SMILES string of the molecule is C#CCC(NC(=O)c1cccc(Br)c1Cl)C(=O)O. The van der Waals surface area contributed by atoms with Crippen molar-refractivity contribution < 1.29 is 14.7 Å². The van der Waals surface area contributed by atoms with Crippen molar-refractivity contribution in [1.29, 1.82) is 0 Å². The molecule has 0 aromatic heterocycles. The minimum atomic E-state index is -1.19. The molecule has 4 nitrogen and oxygen atoms in total. The van der Waals surface area contributed by atoms with Gasteiger partial charge in [-0.3, -0.25) is 4.79 Å². The van der Waals surface area contributed by atoms with E-state index in [0.717, 1.165) is 0 Å². The maximum absolute atomic E-state index is 11.9. The molecule has 1 unspecified atom stereocenters. The molecule has 1 atom stereocenters. The molecule has 0 aliphatic carbocycles. The molecule has 0 radical (unpaired) electrons. The summed E-state index contributed by atoms with van der Waals surface area (Å²) in [5.41, 5.74) is 0.189. The first-order valence-electron chi connectivity index (χ1n) is 4.88. The number of nitrogens with one attached hydrogen (secondary N) is 1. The first-order chi connectivity index (χ1) is 8.47. The molecule has 0 fully saturated rings. The number of hydrogen-bond donors (Lipinski definition) is 2. The van der Waals surface area contributed by atoms with Crippen molar-refractivity contribution in [3.63, 3.8) is 0 Å². The van der Waals surface area contributed by atoms with Crippen molar-refractivity contribution in [3.05, 3.63) is 33.3 Å². The highest BCUT2D eigenvalue weighted by Crippen LogP contribution is 2.25. The van der Waals surface area contributed by atoms with Crippen LogP contribution >= 0.6 is 27.5 Å². The van der Waals surface area contributed by atoms with E-state index in [1.165, 1.54) is 6.07 Å². The standard InChI is InChI=1S/C12H9BrClNO3/c1-2-4-9(12(17)18)15-11(16)7-5-3-6-8(13)10(7)14/h1,3,5-6,9H,4H2,(H,15,16)(H,17,18). The first-order valence-corrected chi connectivity index (χ1v) is 6.05. The molecule has 0 saturated carbocycles. The Labute approximate surface area is 117 Å². The van der Waals surface area contributed by atoms with Crippen LogP contribution < -0.4 is 5.32 Å². The Bertz CT molecular complexity index is 525. The summed E-state index contributed by atoms with van der Waals surface area (Å²) in [5.74, 6) is 0.427. The summed E-state index contributed by atoms with van der Waals surface area (Å²) in [6, 6.07) is 3.67. The summed E-state index contributed by atoms with van der Waals surface area (Å²) in [6.07, 6.45) is 4.95. The summed E-state index contributed by atoms with van der Waals surface area (Å²) < 4.78 is 0.556. The van der Waals surface area contributed by atoms with Crippen molar-refractivity contribution >= 4 is 39.4 Å². The minimum Gasteiger partial charge on any atom is -0.480 e. The van der Waals surface area contributed by atoms with Gasteiger partial charge in [0.1, 0.15) is 6.04 Å². The van der Waals surface area contributed by atoms with E-state index in [1.807, 2.05) is 0 Å². The predicted octanol–water partition coefficient (Wildman–Crippen LogP) is 2.31. The molecule has 0 saturated heterocycles. The molecule has 18 heavy (non-hydrogen) atoms. The Morgan fingerprint density at radius 2 is 2.22 bits per heavy atom. The number of aliphatic carboxylic acids is 1. The van der Waals surface area contributed by atoms with E-state index in [4.69, 9.17) is 23.1 Å². The first kappa shape index (κ1) is 14.6. The van der Waals surface area contributed by atoms with Crippen molar-refractivity contribution in [3.8, 4) is 12.3 Å². The van der Waals surface area contributed by atoms with Crippen LogP contribution in [0.3, 0.4) is 0 Å². The molecule has 0 aliphatic heterocycles. The van der Waals surface area contributed by atoms with Crippen LogP contribution in [0.5, 0.6) is 0 Å². The number of carbonyl (C=O) groups excluding carboxylic acids is 1. The van der Waals surface area contributed by atoms with Gasteiger partial charge in [-0.05, 0) is 28.1 Å². The monoisotopic (exact) mass is 329 g/mol. The lowest BCUT2D eigenvalue weighted by Gasteiger charge is -2.12. The van der Waals surface area contributed by atoms with E-state index in [2.05, 4.69) is 27.2 Å². The molecule has 1 aromatic rings. The topological polar surface area (TPSA) is 66.4 Å². The molecule has 0 bridgehead atoms. The Hall–Kier alpha value is -1.51. The van der Waals surface area contributed by atoms with Gasteiger partial charge in [-0.25, -0.2) is 4.79 Å². The second kappa shape index (κ2) is 6.43. The fourth-order valence-electron chi connectivity index (χ4n) is 1.23. The number of benzene rings is 1. The zero-order valence-electron chi connectivity index (χ0n) is 9.11. The van der Waals surface area contributed by atoms with Gasteiger partial charge in [0.15, 0.2) is 0 Å². The lowest BCUT2D eigenvalue weighted by atomic mass is 10.1. The van der Waals surface area contributed by atoms with E-state index in [-0.39, 0.29) is 17.0 Å². The van der Waals surface area contributed by atoms with Crippen LogP contribution in [-0.2, 0) is 4.79 Å². The van der Waals surface area contributed by atoms with Crippen molar-refractivity contribution in [1.82, 2.24) is 5.32 Å². The number of amides is 1. The summed E-state index contributed by atoms with van der Waals surface area (Å²) in [5, 5.41) is 11.4. The second-order valence-corrected chi connectivity index (χ2v) is 4.61. The zero-order valence-corrected chi connectivity index (χ0v) is 11.5. The Morgan fingerprint density at radius 1 is 1.56 bits per heavy atom. The Morgan fingerprint density at radius 3 is 2.78 bits per heavy atom. The van der Waals surface area contributed by atoms with Gasteiger partial charge in [-0.1, -0.05) is 17.7 Å². The van der Waals surface area contributed by atoms with E-state index in [1.54, 1.807) is 12.1 Å². The van der Waals surface area contributed by atoms with Gasteiger partial charge in [0, 0.05) is 10.9 Å². The number of carbonyl (C=O) groups is 2. The minimum absolute atomic E-state index is 0.0906. The molecule has 94 valence electrons. The van der Waals surface area contributed by atoms with Crippen LogP contribution in [0.25, 0.3) is 0 Å². The van der Waals surface area contributed by atoms with Crippen molar-refractivity contribution in [2.75, 3.05) is 0 Å². The number of carboxylic acid groups (broad SMARTS) is 1. The van der Waals surface area contributed by atoms with Crippen LogP contribution in [0.1, 0.15) is 16.8 Å². The normalized spacial score (nSPS) is 11.4. The van der Waals surface area contributed by atoms with Crippen LogP contribution in [0, 0.1) is 12.3 Å². The third-order valence-electron chi connectivity index (χ3n) is 2.12. The van der Waals surface area contributed by atoms with E-state index >= 15 is 0 Å². The van der Waals surface area contributed by atoms with Gasteiger partial charge in [0.05, 0.1) is 10.6 Å². The van der Waals surface area contributed by atoms with Crippen molar-refractivity contribution in [2.24, 2.45) is 0 Å².